The van der Waals surface area contributed by atoms with Crippen LogP contribution in [0.4, 0.5) is 5.69 Å². The van der Waals surface area contributed by atoms with Gasteiger partial charge >= 0.3 is 0 Å². The van der Waals surface area contributed by atoms with Gasteiger partial charge in [-0.15, -0.1) is 0 Å². The van der Waals surface area contributed by atoms with Gasteiger partial charge in [-0.2, -0.15) is 0 Å². The minimum atomic E-state index is -3.08. The van der Waals surface area contributed by atoms with Gasteiger partial charge in [-0.1, -0.05) is 0 Å². The minimum absolute atomic E-state index is 0.246. The number of anilines is 1. The van der Waals surface area contributed by atoms with Crippen LogP contribution in [-0.4, -0.2) is 20.7 Å². The molecule has 0 amide bonds. The standard InChI is InChI=1S/C11H15NO2S/c1-8-6-10-11(7-9(8)2)15(13,14)5-3-4-12-10/h6-7,12H,3-5H2,1-2H3. The van der Waals surface area contributed by atoms with Crippen molar-refractivity contribution in [3.05, 3.63) is 23.3 Å². The molecule has 0 saturated heterocycles. The molecule has 0 aliphatic carbocycles. The molecule has 1 aliphatic rings. The minimum Gasteiger partial charge on any atom is -0.384 e. The fraction of sp³-hybridized carbons (Fsp3) is 0.455. The van der Waals surface area contributed by atoms with Crippen molar-refractivity contribution in [2.75, 3.05) is 17.6 Å². The maximum absolute atomic E-state index is 11.9. The second kappa shape index (κ2) is 3.52. The third kappa shape index (κ3) is 1.86. The second-order valence-electron chi connectivity index (χ2n) is 4.03. The third-order valence-electron chi connectivity index (χ3n) is 2.84. The van der Waals surface area contributed by atoms with E-state index in [4.69, 9.17) is 0 Å². The highest BCUT2D eigenvalue weighted by Crippen LogP contribution is 2.28. The molecular weight excluding hydrogens is 210 g/mol. The fourth-order valence-electron chi connectivity index (χ4n) is 1.78. The van der Waals surface area contributed by atoms with E-state index in [2.05, 4.69) is 5.32 Å². The van der Waals surface area contributed by atoms with Crippen LogP contribution in [0.15, 0.2) is 17.0 Å². The Morgan fingerprint density at radius 3 is 2.60 bits per heavy atom. The van der Waals surface area contributed by atoms with E-state index in [1.54, 1.807) is 6.07 Å². The first kappa shape index (κ1) is 10.5. The smallest absolute Gasteiger partial charge is 0.180 e. The molecule has 0 aromatic heterocycles. The highest BCUT2D eigenvalue weighted by Gasteiger charge is 2.22. The van der Waals surface area contributed by atoms with Crippen molar-refractivity contribution < 1.29 is 8.42 Å². The molecule has 4 heteroatoms. The van der Waals surface area contributed by atoms with Gasteiger partial charge in [0.05, 0.1) is 16.3 Å². The van der Waals surface area contributed by atoms with Gasteiger partial charge in [-0.05, 0) is 43.5 Å². The van der Waals surface area contributed by atoms with Gasteiger partial charge in [0.1, 0.15) is 0 Å². The number of sulfone groups is 1. The number of rotatable bonds is 0. The lowest BCUT2D eigenvalue weighted by atomic mass is 10.1. The molecule has 3 nitrogen and oxygen atoms in total. The number of hydrogen-bond donors (Lipinski definition) is 1. The van der Waals surface area contributed by atoms with Crippen molar-refractivity contribution in [2.24, 2.45) is 0 Å². The van der Waals surface area contributed by atoms with E-state index in [0.717, 1.165) is 23.4 Å². The van der Waals surface area contributed by atoms with E-state index in [1.165, 1.54) is 0 Å². The Labute approximate surface area is 90.4 Å². The van der Waals surface area contributed by atoms with E-state index in [9.17, 15) is 8.42 Å². The number of fused-ring (bicyclic) bond motifs is 1. The molecule has 0 fully saturated rings. The van der Waals surface area contributed by atoms with E-state index in [0.29, 0.717) is 11.3 Å². The molecule has 0 bridgehead atoms. The van der Waals surface area contributed by atoms with E-state index >= 15 is 0 Å². The number of benzene rings is 1. The number of nitrogens with one attached hydrogen (secondary N) is 1. The van der Waals surface area contributed by atoms with Crippen molar-refractivity contribution in [2.45, 2.75) is 25.2 Å². The Hall–Kier alpha value is -1.03. The van der Waals surface area contributed by atoms with Crippen molar-refractivity contribution in [1.82, 2.24) is 0 Å². The lowest BCUT2D eigenvalue weighted by Crippen LogP contribution is -2.05. The van der Waals surface area contributed by atoms with Gasteiger partial charge in [0.2, 0.25) is 0 Å². The summed E-state index contributed by atoms with van der Waals surface area (Å²) in [5.41, 5.74) is 2.91. The molecular formula is C11H15NO2S. The van der Waals surface area contributed by atoms with Crippen LogP contribution in [0.1, 0.15) is 17.5 Å². The lowest BCUT2D eigenvalue weighted by Gasteiger charge is -2.10. The average molecular weight is 225 g/mol. The summed E-state index contributed by atoms with van der Waals surface area (Å²) in [6.07, 6.45) is 0.676. The van der Waals surface area contributed by atoms with Gasteiger partial charge in [-0.3, -0.25) is 0 Å². The van der Waals surface area contributed by atoms with Gasteiger partial charge in [-0.25, -0.2) is 8.42 Å². The predicted molar refractivity (Wildman–Crippen MR) is 61.1 cm³/mol. The van der Waals surface area contributed by atoms with Crippen LogP contribution in [0.3, 0.4) is 0 Å². The molecule has 82 valence electrons. The lowest BCUT2D eigenvalue weighted by molar-refractivity contribution is 0.596. The van der Waals surface area contributed by atoms with E-state index in [1.807, 2.05) is 19.9 Å². The Kier molecular flexibility index (Phi) is 2.46. The summed E-state index contributed by atoms with van der Waals surface area (Å²) < 4.78 is 23.8. The van der Waals surface area contributed by atoms with Crippen LogP contribution in [0.5, 0.6) is 0 Å². The summed E-state index contributed by atoms with van der Waals surface area (Å²) in [4.78, 5) is 0.461. The van der Waals surface area contributed by atoms with Crippen LogP contribution in [-0.2, 0) is 9.84 Å². The molecule has 0 unspecified atom stereocenters. The topological polar surface area (TPSA) is 46.2 Å². The van der Waals surface area contributed by atoms with Crippen LogP contribution >= 0.6 is 0 Å². The molecule has 1 aromatic rings. The monoisotopic (exact) mass is 225 g/mol. The molecule has 1 aliphatic heterocycles. The molecule has 0 radical (unpaired) electrons. The summed E-state index contributed by atoms with van der Waals surface area (Å²) in [5.74, 6) is 0.246. The zero-order valence-corrected chi connectivity index (χ0v) is 9.82. The van der Waals surface area contributed by atoms with Crippen LogP contribution in [0.2, 0.25) is 0 Å². The van der Waals surface area contributed by atoms with Crippen LogP contribution in [0.25, 0.3) is 0 Å². The predicted octanol–water partition coefficient (Wildman–Crippen LogP) is 1.89. The fourth-order valence-corrected chi connectivity index (χ4v) is 3.35. The summed E-state index contributed by atoms with van der Waals surface area (Å²) >= 11 is 0. The van der Waals surface area contributed by atoms with Gasteiger partial charge in [0.15, 0.2) is 9.84 Å². The normalized spacial score (nSPS) is 18.8. The largest absolute Gasteiger partial charge is 0.384 e. The van der Waals surface area contributed by atoms with Crippen molar-refractivity contribution >= 4 is 15.5 Å². The van der Waals surface area contributed by atoms with E-state index < -0.39 is 9.84 Å². The highest BCUT2D eigenvalue weighted by molar-refractivity contribution is 7.91. The molecule has 0 saturated carbocycles. The summed E-state index contributed by atoms with van der Waals surface area (Å²) in [6.45, 7) is 4.67. The van der Waals surface area contributed by atoms with Crippen molar-refractivity contribution in [1.29, 1.82) is 0 Å². The maximum Gasteiger partial charge on any atom is 0.180 e. The average Bonchev–Trinajstić information content (AvgIpc) is 2.29. The van der Waals surface area contributed by atoms with Gasteiger partial charge < -0.3 is 5.32 Å². The molecule has 2 rings (SSSR count). The first-order chi connectivity index (χ1) is 7.00. The summed E-state index contributed by atoms with van der Waals surface area (Å²) in [6, 6.07) is 3.70. The maximum atomic E-state index is 11.9. The molecule has 1 aromatic carbocycles. The Balaban J connectivity index is 2.68. The zero-order valence-electron chi connectivity index (χ0n) is 9.00. The number of aryl methyl sites for hydroxylation is 2. The first-order valence-corrected chi connectivity index (χ1v) is 6.74. The third-order valence-corrected chi connectivity index (χ3v) is 4.67. The zero-order chi connectivity index (χ0) is 11.1. The Morgan fingerprint density at radius 1 is 1.20 bits per heavy atom. The first-order valence-electron chi connectivity index (χ1n) is 5.08. The van der Waals surface area contributed by atoms with Crippen molar-refractivity contribution in [3.63, 3.8) is 0 Å². The quantitative estimate of drug-likeness (QED) is 0.733. The van der Waals surface area contributed by atoms with Gasteiger partial charge in [0.25, 0.3) is 0 Å². The molecule has 15 heavy (non-hydrogen) atoms. The highest BCUT2D eigenvalue weighted by atomic mass is 32.2. The van der Waals surface area contributed by atoms with Gasteiger partial charge in [0, 0.05) is 6.54 Å². The summed E-state index contributed by atoms with van der Waals surface area (Å²) in [7, 11) is -3.08. The molecule has 1 N–H and O–H groups in total. The second-order valence-corrected chi connectivity index (χ2v) is 6.11. The Morgan fingerprint density at radius 2 is 1.87 bits per heavy atom. The van der Waals surface area contributed by atoms with Crippen LogP contribution in [0, 0.1) is 13.8 Å². The van der Waals surface area contributed by atoms with Crippen molar-refractivity contribution in [3.8, 4) is 0 Å². The Bertz CT molecular complexity index is 492. The number of hydrogen-bond acceptors (Lipinski definition) is 3. The molecule has 0 spiro atoms. The summed E-state index contributed by atoms with van der Waals surface area (Å²) in [5, 5.41) is 3.17. The SMILES string of the molecule is Cc1cc2c(cc1C)S(=O)(=O)CCCN2. The van der Waals surface area contributed by atoms with E-state index in [-0.39, 0.29) is 5.75 Å². The van der Waals surface area contributed by atoms with Crippen LogP contribution < -0.4 is 5.32 Å². The molecule has 0 atom stereocenters. The molecule has 1 heterocycles.